The number of nitrogens with one attached hydrogen (secondary N) is 2. The van der Waals surface area contributed by atoms with Crippen molar-refractivity contribution in [1.29, 1.82) is 0 Å². The van der Waals surface area contributed by atoms with Crippen LogP contribution < -0.4 is 16.4 Å². The molecule has 3 amide bonds. The first-order valence-electron chi connectivity index (χ1n) is 8.50. The van der Waals surface area contributed by atoms with Gasteiger partial charge in [0, 0.05) is 24.8 Å². The van der Waals surface area contributed by atoms with Gasteiger partial charge in [-0.05, 0) is 23.3 Å². The summed E-state index contributed by atoms with van der Waals surface area (Å²) in [6.45, 7) is 1.34. The Morgan fingerprint density at radius 3 is 2.00 bits per heavy atom. The molecule has 6 nitrogen and oxygen atoms in total. The Morgan fingerprint density at radius 2 is 1.44 bits per heavy atom. The topological polar surface area (TPSA) is 101 Å². The molecule has 0 fully saturated rings. The largest absolute Gasteiger partial charge is 0.368 e. The molecule has 2 aromatic rings. The molecular weight excluding hydrogens is 366 g/mol. The molecule has 0 saturated carbocycles. The zero-order valence-corrected chi connectivity index (χ0v) is 15.7. The van der Waals surface area contributed by atoms with E-state index >= 15 is 0 Å². The van der Waals surface area contributed by atoms with Crippen LogP contribution in [0.5, 0.6) is 0 Å². The molecule has 0 aromatic heterocycles. The summed E-state index contributed by atoms with van der Waals surface area (Å²) in [5, 5.41) is 5.84. The van der Waals surface area contributed by atoms with Crippen molar-refractivity contribution in [2.45, 2.75) is 31.8 Å². The first-order chi connectivity index (χ1) is 12.8. The number of rotatable bonds is 8. The van der Waals surface area contributed by atoms with Crippen LogP contribution in [0, 0.1) is 0 Å². The molecule has 0 aliphatic rings. The molecular formula is C20H22ClN3O3. The summed E-state index contributed by atoms with van der Waals surface area (Å²) in [6, 6.07) is 14.5. The van der Waals surface area contributed by atoms with Gasteiger partial charge in [0.15, 0.2) is 0 Å². The highest BCUT2D eigenvalue weighted by molar-refractivity contribution is 6.30. The summed E-state index contributed by atoms with van der Waals surface area (Å²) in [5.74, 6) is -1.45. The Bertz CT molecular complexity index is 794. The minimum atomic E-state index is -0.897. The molecule has 0 spiro atoms. The minimum Gasteiger partial charge on any atom is -0.368 e. The molecule has 2 atom stereocenters. The highest BCUT2D eigenvalue weighted by Crippen LogP contribution is 2.11. The molecule has 0 radical (unpaired) electrons. The summed E-state index contributed by atoms with van der Waals surface area (Å²) in [7, 11) is 0. The van der Waals surface area contributed by atoms with Crippen LogP contribution in [-0.4, -0.2) is 29.8 Å². The van der Waals surface area contributed by atoms with Gasteiger partial charge in [0.25, 0.3) is 0 Å². The van der Waals surface area contributed by atoms with Gasteiger partial charge in [-0.1, -0.05) is 54.1 Å². The van der Waals surface area contributed by atoms with Crippen molar-refractivity contribution in [3.63, 3.8) is 0 Å². The Kier molecular flexibility index (Phi) is 7.37. The van der Waals surface area contributed by atoms with Crippen molar-refractivity contribution in [3.05, 3.63) is 70.7 Å². The second kappa shape index (κ2) is 9.73. The fraction of sp³-hybridized carbons (Fsp3) is 0.250. The lowest BCUT2D eigenvalue weighted by molar-refractivity contribution is -0.130. The molecule has 0 aliphatic carbocycles. The van der Waals surface area contributed by atoms with Gasteiger partial charge in [0.1, 0.15) is 12.1 Å². The van der Waals surface area contributed by atoms with E-state index in [0.29, 0.717) is 11.4 Å². The van der Waals surface area contributed by atoms with Crippen LogP contribution in [0.3, 0.4) is 0 Å². The second-order valence-electron chi connectivity index (χ2n) is 6.24. The van der Waals surface area contributed by atoms with E-state index in [-0.39, 0.29) is 12.3 Å². The van der Waals surface area contributed by atoms with E-state index in [2.05, 4.69) is 10.6 Å². The quantitative estimate of drug-likeness (QED) is 0.641. The first kappa shape index (κ1) is 20.5. The van der Waals surface area contributed by atoms with E-state index < -0.39 is 23.9 Å². The molecule has 0 aliphatic heterocycles. The smallest absolute Gasteiger partial charge is 0.243 e. The van der Waals surface area contributed by atoms with Crippen LogP contribution in [0.15, 0.2) is 54.6 Å². The van der Waals surface area contributed by atoms with E-state index in [4.69, 9.17) is 17.3 Å². The van der Waals surface area contributed by atoms with Crippen molar-refractivity contribution in [1.82, 2.24) is 10.6 Å². The van der Waals surface area contributed by atoms with Gasteiger partial charge in [0.2, 0.25) is 17.7 Å². The number of carbonyl (C=O) groups excluding carboxylic acids is 3. The third kappa shape index (κ3) is 6.75. The number of carbonyl (C=O) groups is 3. The minimum absolute atomic E-state index is 0.233. The van der Waals surface area contributed by atoms with Crippen LogP contribution in [0.25, 0.3) is 0 Å². The van der Waals surface area contributed by atoms with Crippen LogP contribution in [0.1, 0.15) is 18.1 Å². The maximum atomic E-state index is 12.7. The zero-order valence-electron chi connectivity index (χ0n) is 14.9. The van der Waals surface area contributed by atoms with Gasteiger partial charge >= 0.3 is 0 Å². The number of primary amides is 1. The lowest BCUT2D eigenvalue weighted by Gasteiger charge is -2.22. The lowest BCUT2D eigenvalue weighted by Crippen LogP contribution is -2.54. The molecule has 0 bridgehead atoms. The monoisotopic (exact) mass is 387 g/mol. The summed E-state index contributed by atoms with van der Waals surface area (Å²) >= 11 is 5.86. The predicted molar refractivity (Wildman–Crippen MR) is 104 cm³/mol. The Labute approximate surface area is 163 Å². The van der Waals surface area contributed by atoms with Crippen LogP contribution in [0.2, 0.25) is 5.02 Å². The Balaban J connectivity index is 2.10. The normalized spacial score (nSPS) is 12.7. The molecule has 7 heteroatoms. The third-order valence-corrected chi connectivity index (χ3v) is 4.24. The van der Waals surface area contributed by atoms with Crippen molar-refractivity contribution in [3.8, 4) is 0 Å². The number of halogens is 1. The highest BCUT2D eigenvalue weighted by Gasteiger charge is 2.25. The Morgan fingerprint density at radius 1 is 0.889 bits per heavy atom. The summed E-state index contributed by atoms with van der Waals surface area (Å²) in [6.07, 6.45) is 0.537. The van der Waals surface area contributed by atoms with Gasteiger partial charge in [-0.2, -0.15) is 0 Å². The standard InChI is InChI=1S/C20H22ClN3O3/c1-13(25)23-18(12-14-5-3-2-4-6-14)20(27)24-17(19(22)26)11-15-7-9-16(21)10-8-15/h2-10,17-18H,11-12H2,1H3,(H2,22,26)(H,23,25)(H,24,27)/t17-,18+/m1/s1. The van der Waals surface area contributed by atoms with E-state index in [1.165, 1.54) is 6.92 Å². The van der Waals surface area contributed by atoms with Crippen molar-refractivity contribution in [2.75, 3.05) is 0 Å². The second-order valence-corrected chi connectivity index (χ2v) is 6.67. The maximum Gasteiger partial charge on any atom is 0.243 e. The van der Waals surface area contributed by atoms with Gasteiger partial charge in [0.05, 0.1) is 0 Å². The molecule has 0 heterocycles. The van der Waals surface area contributed by atoms with E-state index in [1.807, 2.05) is 30.3 Å². The molecule has 142 valence electrons. The van der Waals surface area contributed by atoms with Crippen LogP contribution in [-0.2, 0) is 27.2 Å². The fourth-order valence-electron chi connectivity index (χ4n) is 2.66. The molecule has 2 rings (SSSR count). The molecule has 0 unspecified atom stereocenters. The van der Waals surface area contributed by atoms with Gasteiger partial charge in [-0.15, -0.1) is 0 Å². The van der Waals surface area contributed by atoms with E-state index in [1.54, 1.807) is 24.3 Å². The maximum absolute atomic E-state index is 12.7. The highest BCUT2D eigenvalue weighted by atomic mass is 35.5. The summed E-state index contributed by atoms with van der Waals surface area (Å²) in [4.78, 5) is 36.0. The molecule has 27 heavy (non-hydrogen) atoms. The number of benzene rings is 2. The summed E-state index contributed by atoms with van der Waals surface area (Å²) in [5.41, 5.74) is 7.15. The van der Waals surface area contributed by atoms with Crippen LogP contribution in [0.4, 0.5) is 0 Å². The number of amides is 3. The fourth-order valence-corrected chi connectivity index (χ4v) is 2.78. The van der Waals surface area contributed by atoms with Gasteiger partial charge in [-0.3, -0.25) is 14.4 Å². The van der Waals surface area contributed by atoms with E-state index in [9.17, 15) is 14.4 Å². The number of hydrogen-bond donors (Lipinski definition) is 3. The SMILES string of the molecule is CC(=O)N[C@@H](Cc1ccccc1)C(=O)N[C@H](Cc1ccc(Cl)cc1)C(N)=O. The van der Waals surface area contributed by atoms with Crippen molar-refractivity contribution >= 4 is 29.3 Å². The zero-order chi connectivity index (χ0) is 19.8. The van der Waals surface area contributed by atoms with Crippen molar-refractivity contribution < 1.29 is 14.4 Å². The van der Waals surface area contributed by atoms with Crippen LogP contribution >= 0.6 is 11.6 Å². The van der Waals surface area contributed by atoms with Gasteiger partial charge in [-0.25, -0.2) is 0 Å². The number of hydrogen-bond acceptors (Lipinski definition) is 3. The average Bonchev–Trinajstić information content (AvgIpc) is 2.62. The van der Waals surface area contributed by atoms with Gasteiger partial charge < -0.3 is 16.4 Å². The van der Waals surface area contributed by atoms with E-state index in [0.717, 1.165) is 11.1 Å². The third-order valence-electron chi connectivity index (χ3n) is 3.99. The predicted octanol–water partition coefficient (Wildman–Crippen LogP) is 1.60. The Hall–Kier alpha value is -2.86. The van der Waals surface area contributed by atoms with Crippen molar-refractivity contribution in [2.24, 2.45) is 5.73 Å². The first-order valence-corrected chi connectivity index (χ1v) is 8.88. The summed E-state index contributed by atoms with van der Waals surface area (Å²) < 4.78 is 0. The molecule has 2 aromatic carbocycles. The molecule has 4 N–H and O–H groups in total. The number of nitrogens with two attached hydrogens (primary N) is 1. The molecule has 0 saturated heterocycles. The average molecular weight is 388 g/mol. The lowest BCUT2D eigenvalue weighted by atomic mass is 10.0.